The van der Waals surface area contributed by atoms with E-state index in [2.05, 4.69) is 32.7 Å². The van der Waals surface area contributed by atoms with E-state index in [1.54, 1.807) is 35.0 Å². The Morgan fingerprint density at radius 1 is 1.07 bits per heavy atom. The maximum atomic E-state index is 12.3. The van der Waals surface area contributed by atoms with Crippen molar-refractivity contribution in [1.82, 2.24) is 19.8 Å². The molecule has 30 heavy (non-hydrogen) atoms. The van der Waals surface area contributed by atoms with Gasteiger partial charge in [-0.2, -0.15) is 9.61 Å². The second kappa shape index (κ2) is 7.73. The second-order valence-corrected chi connectivity index (χ2v) is 7.30. The van der Waals surface area contributed by atoms with Gasteiger partial charge in [-0.25, -0.2) is 0 Å². The zero-order chi connectivity index (χ0) is 20.3. The SMILES string of the molecule is O=C(Nc1cccc(-c2ccc3nnc(-c4ccco4)n3n2)c1)Sc1cc#ccc1. The first-order chi connectivity index (χ1) is 14.8. The predicted octanol–water partition coefficient (Wildman–Crippen LogP) is 4.98. The molecule has 0 unspecified atom stereocenters. The second-order valence-electron chi connectivity index (χ2n) is 6.25. The molecule has 0 atom stereocenters. The van der Waals surface area contributed by atoms with Crippen molar-refractivity contribution in [2.45, 2.75) is 4.90 Å². The molecule has 7 nitrogen and oxygen atoms in total. The normalized spacial score (nSPS) is 10.7. The molecule has 8 heteroatoms. The lowest BCUT2D eigenvalue weighted by Crippen LogP contribution is -2.04. The minimum absolute atomic E-state index is 0.186. The minimum Gasteiger partial charge on any atom is -0.461 e. The summed E-state index contributed by atoms with van der Waals surface area (Å²) in [7, 11) is 0. The Kier molecular flexibility index (Phi) is 4.63. The van der Waals surface area contributed by atoms with Gasteiger partial charge in [0.15, 0.2) is 11.4 Å². The fourth-order valence-electron chi connectivity index (χ4n) is 2.91. The number of rotatable bonds is 4. The quantitative estimate of drug-likeness (QED) is 0.420. The van der Waals surface area contributed by atoms with Crippen molar-refractivity contribution < 1.29 is 9.21 Å². The Morgan fingerprint density at radius 2 is 2.03 bits per heavy atom. The number of benzene rings is 1. The van der Waals surface area contributed by atoms with Crippen LogP contribution in [0.25, 0.3) is 28.5 Å². The van der Waals surface area contributed by atoms with E-state index in [1.165, 1.54) is 0 Å². The third-order valence-corrected chi connectivity index (χ3v) is 5.03. The van der Waals surface area contributed by atoms with E-state index < -0.39 is 0 Å². The monoisotopic (exact) mass is 411 g/mol. The van der Waals surface area contributed by atoms with Crippen molar-refractivity contribution in [3.05, 3.63) is 85.1 Å². The van der Waals surface area contributed by atoms with Gasteiger partial charge in [-0.05, 0) is 60.3 Å². The summed E-state index contributed by atoms with van der Waals surface area (Å²) >= 11 is 1.10. The van der Waals surface area contributed by atoms with E-state index in [4.69, 9.17) is 4.42 Å². The van der Waals surface area contributed by atoms with Gasteiger partial charge >= 0.3 is 0 Å². The predicted molar refractivity (Wildman–Crippen MR) is 113 cm³/mol. The number of hydrogen-bond donors (Lipinski definition) is 1. The van der Waals surface area contributed by atoms with Gasteiger partial charge in [0.2, 0.25) is 5.82 Å². The van der Waals surface area contributed by atoms with Crippen LogP contribution in [0.3, 0.4) is 0 Å². The Bertz CT molecular complexity index is 1320. The van der Waals surface area contributed by atoms with Crippen molar-refractivity contribution in [1.29, 1.82) is 0 Å². The average molecular weight is 411 g/mol. The molecule has 5 aromatic rings. The van der Waals surface area contributed by atoms with Crippen LogP contribution in [0, 0.1) is 12.1 Å². The van der Waals surface area contributed by atoms with Crippen LogP contribution in [0.15, 0.2) is 82.3 Å². The Hall–Kier alpha value is -4.09. The van der Waals surface area contributed by atoms with Crippen LogP contribution in [-0.2, 0) is 0 Å². The minimum atomic E-state index is -0.186. The van der Waals surface area contributed by atoms with Crippen LogP contribution in [0.4, 0.5) is 10.5 Å². The first kappa shape index (κ1) is 18.0. The van der Waals surface area contributed by atoms with Gasteiger partial charge in [0.05, 0.1) is 12.0 Å². The highest BCUT2D eigenvalue weighted by atomic mass is 32.2. The van der Waals surface area contributed by atoms with Crippen LogP contribution in [0.5, 0.6) is 0 Å². The van der Waals surface area contributed by atoms with Crippen LogP contribution in [-0.4, -0.2) is 25.1 Å². The van der Waals surface area contributed by atoms with E-state index in [0.717, 1.165) is 22.2 Å². The number of hydrogen-bond acceptors (Lipinski definition) is 6. The van der Waals surface area contributed by atoms with Gasteiger partial charge in [0, 0.05) is 22.2 Å². The zero-order valence-electron chi connectivity index (χ0n) is 15.4. The number of fused-ring (bicyclic) bond motifs is 1. The molecule has 0 saturated carbocycles. The Balaban J connectivity index is 1.41. The number of carbonyl (C=O) groups is 1. The van der Waals surface area contributed by atoms with Crippen LogP contribution in [0.1, 0.15) is 0 Å². The van der Waals surface area contributed by atoms with Crippen molar-refractivity contribution >= 4 is 28.3 Å². The molecule has 0 aliphatic heterocycles. The number of aromatic nitrogens is 4. The first-order valence-electron chi connectivity index (χ1n) is 9.00. The number of amides is 1. The summed E-state index contributed by atoms with van der Waals surface area (Å²) in [4.78, 5) is 13.1. The maximum absolute atomic E-state index is 12.3. The largest absolute Gasteiger partial charge is 0.461 e. The maximum Gasteiger partial charge on any atom is 0.288 e. The van der Waals surface area contributed by atoms with Gasteiger partial charge in [-0.15, -0.1) is 10.2 Å². The highest BCUT2D eigenvalue weighted by Gasteiger charge is 2.13. The number of carbonyl (C=O) groups excluding carboxylic acids is 1. The standard InChI is InChI=1S/C22H13N5O2S/c28-22(30-17-8-2-1-3-9-17)23-16-7-4-6-15(14-16)18-11-12-20-24-25-21(27(20)26-18)19-10-5-13-29-19/h2,4-14H,(H,23,28). The van der Waals surface area contributed by atoms with E-state index in [1.807, 2.05) is 42.5 Å². The number of nitrogens with one attached hydrogen (secondary N) is 1. The molecule has 0 aliphatic carbocycles. The molecule has 0 spiro atoms. The first-order valence-corrected chi connectivity index (χ1v) is 9.81. The summed E-state index contributed by atoms with van der Waals surface area (Å²) in [6.07, 6.45) is 1.58. The van der Waals surface area contributed by atoms with Crippen LogP contribution in [0.2, 0.25) is 0 Å². The fraction of sp³-hybridized carbons (Fsp3) is 0. The van der Waals surface area contributed by atoms with E-state index in [9.17, 15) is 4.79 Å². The summed E-state index contributed by atoms with van der Waals surface area (Å²) in [5.74, 6) is 1.11. The van der Waals surface area contributed by atoms with Gasteiger partial charge in [-0.1, -0.05) is 24.3 Å². The van der Waals surface area contributed by atoms with Crippen LogP contribution >= 0.6 is 11.8 Å². The molecular weight excluding hydrogens is 398 g/mol. The Morgan fingerprint density at radius 3 is 2.87 bits per heavy atom. The molecule has 1 amide bonds. The van der Waals surface area contributed by atoms with Crippen LogP contribution < -0.4 is 5.32 Å². The molecule has 2 aromatic carbocycles. The highest BCUT2D eigenvalue weighted by Crippen LogP contribution is 2.25. The molecular formula is C22H13N5O2S. The number of furan rings is 1. The topological polar surface area (TPSA) is 85.3 Å². The molecule has 0 saturated heterocycles. The molecule has 0 fully saturated rings. The van der Waals surface area contributed by atoms with Crippen molar-refractivity contribution in [2.24, 2.45) is 0 Å². The molecule has 144 valence electrons. The van der Waals surface area contributed by atoms with E-state index >= 15 is 0 Å². The van der Waals surface area contributed by atoms with Gasteiger partial charge in [0.1, 0.15) is 0 Å². The van der Waals surface area contributed by atoms with Gasteiger partial charge < -0.3 is 9.73 Å². The van der Waals surface area contributed by atoms with Crippen molar-refractivity contribution in [2.75, 3.05) is 5.32 Å². The molecule has 0 bridgehead atoms. The molecule has 3 heterocycles. The number of thioether (sulfide) groups is 1. The Labute approximate surface area is 175 Å². The number of anilines is 1. The summed E-state index contributed by atoms with van der Waals surface area (Å²) < 4.78 is 7.06. The van der Waals surface area contributed by atoms with Gasteiger partial charge in [0.25, 0.3) is 5.24 Å². The third-order valence-electron chi connectivity index (χ3n) is 4.25. The lowest BCUT2D eigenvalue weighted by Gasteiger charge is -2.07. The summed E-state index contributed by atoms with van der Waals surface area (Å²) in [6.45, 7) is 0. The van der Waals surface area contributed by atoms with E-state index in [0.29, 0.717) is 28.6 Å². The molecule has 0 radical (unpaired) electrons. The van der Waals surface area contributed by atoms with Crippen molar-refractivity contribution in [3.63, 3.8) is 0 Å². The average Bonchev–Trinajstić information content (AvgIpc) is 3.44. The molecule has 3 aromatic heterocycles. The summed E-state index contributed by atoms with van der Waals surface area (Å²) in [5, 5.41) is 15.7. The number of nitrogens with zero attached hydrogens (tertiary/aromatic N) is 4. The molecule has 5 rings (SSSR count). The lowest BCUT2D eigenvalue weighted by molar-refractivity contribution is 0.270. The summed E-state index contributed by atoms with van der Waals surface area (Å²) in [6, 6.07) is 25.7. The van der Waals surface area contributed by atoms with E-state index in [-0.39, 0.29) is 5.24 Å². The van der Waals surface area contributed by atoms with Gasteiger partial charge in [-0.3, -0.25) is 4.79 Å². The lowest BCUT2D eigenvalue weighted by atomic mass is 10.1. The smallest absolute Gasteiger partial charge is 0.288 e. The third kappa shape index (κ3) is 3.62. The molecule has 1 N–H and O–H groups in total. The highest BCUT2D eigenvalue weighted by molar-refractivity contribution is 8.13. The zero-order valence-corrected chi connectivity index (χ0v) is 16.3. The van der Waals surface area contributed by atoms with Crippen molar-refractivity contribution in [3.8, 4) is 22.8 Å². The summed E-state index contributed by atoms with van der Waals surface area (Å²) in [5.41, 5.74) is 2.85. The molecule has 0 aliphatic rings. The fourth-order valence-corrected chi connectivity index (χ4v) is 3.54.